The van der Waals surface area contributed by atoms with Crippen LogP contribution in [0, 0.1) is 0 Å². The van der Waals surface area contributed by atoms with Gasteiger partial charge in [-0.15, -0.1) is 11.3 Å². The number of imidazole rings is 1. The molecule has 2 aromatic heterocycles. The molecule has 37 heavy (non-hydrogen) atoms. The van der Waals surface area contributed by atoms with E-state index in [4.69, 9.17) is 16.3 Å². The molecule has 0 amide bonds. The van der Waals surface area contributed by atoms with Gasteiger partial charge in [0.05, 0.1) is 36.1 Å². The van der Waals surface area contributed by atoms with Gasteiger partial charge in [-0.3, -0.25) is 9.36 Å². The Labute approximate surface area is 222 Å². The van der Waals surface area contributed by atoms with Crippen LogP contribution in [-0.4, -0.2) is 47.9 Å². The third-order valence-corrected chi connectivity index (χ3v) is 8.65. The van der Waals surface area contributed by atoms with Crippen molar-refractivity contribution in [1.29, 1.82) is 0 Å². The minimum Gasteiger partial charge on any atom is -0.484 e. The van der Waals surface area contributed by atoms with Crippen molar-refractivity contribution >= 4 is 55.7 Å². The predicted molar refractivity (Wildman–Crippen MR) is 141 cm³/mol. The topological polar surface area (TPSA) is 125 Å². The molecule has 0 aliphatic rings. The molecular formula is C25H23ClN2O7S2. The fourth-order valence-corrected chi connectivity index (χ4v) is 6.27. The fraction of sp³-hybridized carbons (Fsp3) is 0.240. The van der Waals surface area contributed by atoms with Gasteiger partial charge >= 0.3 is 11.9 Å². The van der Waals surface area contributed by atoms with Gasteiger partial charge in [-0.25, -0.2) is 18.2 Å². The van der Waals surface area contributed by atoms with Gasteiger partial charge in [-0.1, -0.05) is 35.9 Å². The molecule has 12 heteroatoms. The molecule has 0 bridgehead atoms. The molecule has 0 saturated carbocycles. The molecule has 4 rings (SSSR count). The number of aromatic nitrogens is 2. The maximum atomic E-state index is 12.5. The number of halogens is 1. The first-order valence-electron chi connectivity index (χ1n) is 11.1. The van der Waals surface area contributed by atoms with Crippen LogP contribution in [0.3, 0.4) is 0 Å². The molecule has 0 aliphatic heterocycles. The van der Waals surface area contributed by atoms with Gasteiger partial charge in [0.15, 0.2) is 14.7 Å². The maximum Gasteiger partial charge on any atom is 0.349 e. The summed E-state index contributed by atoms with van der Waals surface area (Å²) in [5, 5.41) is 10.8. The van der Waals surface area contributed by atoms with Gasteiger partial charge in [-0.05, 0) is 30.7 Å². The van der Waals surface area contributed by atoms with Crippen molar-refractivity contribution in [3.63, 3.8) is 0 Å². The quantitative estimate of drug-likeness (QED) is 0.266. The Hall–Kier alpha value is -3.41. The minimum absolute atomic E-state index is 0.0114. The number of aromatic carboxylic acids is 1. The van der Waals surface area contributed by atoms with Crippen molar-refractivity contribution in [3.05, 3.63) is 75.9 Å². The largest absolute Gasteiger partial charge is 0.484 e. The summed E-state index contributed by atoms with van der Waals surface area (Å²) in [6.45, 7) is 1.78. The zero-order valence-corrected chi connectivity index (χ0v) is 22.3. The molecule has 0 saturated heterocycles. The van der Waals surface area contributed by atoms with Crippen molar-refractivity contribution in [2.24, 2.45) is 0 Å². The average Bonchev–Trinajstić information content (AvgIpc) is 3.46. The van der Waals surface area contributed by atoms with Gasteiger partial charge in [0.1, 0.15) is 23.2 Å². The Kier molecular flexibility index (Phi) is 7.86. The van der Waals surface area contributed by atoms with Crippen molar-refractivity contribution in [2.75, 3.05) is 12.9 Å². The number of carboxylic acids is 1. The van der Waals surface area contributed by atoms with Crippen LogP contribution in [0.5, 0.6) is 5.75 Å². The molecule has 0 aliphatic carbocycles. The van der Waals surface area contributed by atoms with E-state index in [1.54, 1.807) is 54.2 Å². The van der Waals surface area contributed by atoms with E-state index in [0.29, 0.717) is 26.6 Å². The number of carbonyl (C=O) groups is 2. The Morgan fingerprint density at radius 2 is 1.95 bits per heavy atom. The zero-order chi connectivity index (χ0) is 26.7. The number of nitrogens with zero attached hydrogens (tertiary/aromatic N) is 2. The smallest absolute Gasteiger partial charge is 0.349 e. The highest BCUT2D eigenvalue weighted by Gasteiger charge is 2.22. The summed E-state index contributed by atoms with van der Waals surface area (Å²) in [6, 6.07) is 13.8. The summed E-state index contributed by atoms with van der Waals surface area (Å²) in [7, 11) is -2.36. The molecule has 1 atom stereocenters. The molecule has 194 valence electrons. The van der Waals surface area contributed by atoms with Crippen LogP contribution in [0.25, 0.3) is 16.0 Å². The van der Waals surface area contributed by atoms with E-state index in [2.05, 4.69) is 9.72 Å². The van der Waals surface area contributed by atoms with E-state index >= 15 is 0 Å². The molecule has 9 nitrogen and oxygen atoms in total. The lowest BCUT2D eigenvalue weighted by molar-refractivity contribution is -0.140. The average molecular weight is 563 g/mol. The second-order valence-corrected chi connectivity index (χ2v) is 11.8. The van der Waals surface area contributed by atoms with Crippen LogP contribution in [0.2, 0.25) is 5.02 Å². The first-order chi connectivity index (χ1) is 17.6. The normalized spacial score (nSPS) is 12.4. The van der Waals surface area contributed by atoms with Gasteiger partial charge in [0.25, 0.3) is 0 Å². The molecule has 0 spiro atoms. The number of carbonyl (C=O) groups excluding carboxylic acids is 1. The number of hydrogen-bond donors (Lipinski definition) is 1. The number of ether oxygens (including phenoxy) is 2. The van der Waals surface area contributed by atoms with Crippen LogP contribution in [0.15, 0.2) is 54.9 Å². The number of benzene rings is 2. The SMILES string of the molecule is COC(=O)CCS(=O)(=O)Cc1ccc2ncn(-c3cc(O[C@H](C)c4ccccc4Cl)c(C(=O)O)s3)c2c1. The number of hydrogen-bond acceptors (Lipinski definition) is 8. The second-order valence-electron chi connectivity index (χ2n) is 8.22. The summed E-state index contributed by atoms with van der Waals surface area (Å²) in [5.41, 5.74) is 2.44. The minimum atomic E-state index is -3.56. The van der Waals surface area contributed by atoms with E-state index in [1.165, 1.54) is 7.11 Å². The third-order valence-electron chi connectivity index (χ3n) is 5.61. The number of methoxy groups -OCH3 is 1. The number of esters is 1. The number of fused-ring (bicyclic) bond motifs is 1. The van der Waals surface area contributed by atoms with Gasteiger partial charge in [0, 0.05) is 16.7 Å². The van der Waals surface area contributed by atoms with E-state index < -0.39 is 27.9 Å². The Balaban J connectivity index is 1.64. The van der Waals surface area contributed by atoms with Crippen LogP contribution < -0.4 is 4.74 Å². The summed E-state index contributed by atoms with van der Waals surface area (Å²) in [4.78, 5) is 27.7. The molecule has 2 heterocycles. The number of sulfone groups is 1. The Morgan fingerprint density at radius 1 is 1.19 bits per heavy atom. The highest BCUT2D eigenvalue weighted by atomic mass is 35.5. The van der Waals surface area contributed by atoms with Crippen molar-refractivity contribution in [3.8, 4) is 10.8 Å². The number of rotatable bonds is 10. The third kappa shape index (κ3) is 6.12. The highest BCUT2D eigenvalue weighted by Crippen LogP contribution is 2.37. The summed E-state index contributed by atoms with van der Waals surface area (Å²) in [5.74, 6) is -2.14. The van der Waals surface area contributed by atoms with Crippen LogP contribution in [0.1, 0.15) is 40.2 Å². The highest BCUT2D eigenvalue weighted by molar-refractivity contribution is 7.90. The summed E-state index contributed by atoms with van der Waals surface area (Å²) < 4.78 is 37.2. The molecule has 0 fully saturated rings. The van der Waals surface area contributed by atoms with Gasteiger partial charge in [-0.2, -0.15) is 0 Å². The van der Waals surface area contributed by atoms with E-state index in [0.717, 1.165) is 16.9 Å². The first kappa shape index (κ1) is 26.6. The first-order valence-corrected chi connectivity index (χ1v) is 14.1. The lowest BCUT2D eigenvalue weighted by atomic mass is 10.1. The zero-order valence-electron chi connectivity index (χ0n) is 19.9. The summed E-state index contributed by atoms with van der Waals surface area (Å²) in [6.07, 6.45) is 0.816. The van der Waals surface area contributed by atoms with Crippen molar-refractivity contribution < 1.29 is 32.6 Å². The monoisotopic (exact) mass is 562 g/mol. The molecule has 0 radical (unpaired) electrons. The lowest BCUT2D eigenvalue weighted by Gasteiger charge is -2.15. The van der Waals surface area contributed by atoms with Crippen molar-refractivity contribution in [1.82, 2.24) is 9.55 Å². The lowest BCUT2D eigenvalue weighted by Crippen LogP contribution is -2.14. The van der Waals surface area contributed by atoms with E-state index in [-0.39, 0.29) is 28.6 Å². The standard InChI is InChI=1S/C25H23ClN2O7S2/c1-15(17-5-3-4-6-18(17)26)35-21-12-22(36-24(21)25(30)31)28-14-27-19-8-7-16(11-20(19)28)13-37(32,33)10-9-23(29)34-2/h3-8,11-12,14-15H,9-10,13H2,1-2H3,(H,30,31)/t15-/m1/s1. The summed E-state index contributed by atoms with van der Waals surface area (Å²) >= 11 is 7.28. The van der Waals surface area contributed by atoms with Crippen LogP contribution >= 0.6 is 22.9 Å². The molecule has 0 unspecified atom stereocenters. The van der Waals surface area contributed by atoms with Crippen LogP contribution in [-0.2, 0) is 25.1 Å². The maximum absolute atomic E-state index is 12.5. The number of thiophene rings is 1. The van der Waals surface area contributed by atoms with Gasteiger partial charge < -0.3 is 14.6 Å². The number of carboxylic acid groups (broad SMARTS) is 1. The Morgan fingerprint density at radius 3 is 2.65 bits per heavy atom. The molecule has 1 N–H and O–H groups in total. The van der Waals surface area contributed by atoms with Crippen LogP contribution in [0.4, 0.5) is 0 Å². The molecule has 2 aromatic carbocycles. The van der Waals surface area contributed by atoms with Gasteiger partial charge in [0.2, 0.25) is 0 Å². The fourth-order valence-electron chi connectivity index (χ4n) is 3.76. The van der Waals surface area contributed by atoms with Crippen molar-refractivity contribution in [2.45, 2.75) is 25.2 Å². The predicted octanol–water partition coefficient (Wildman–Crippen LogP) is 5.06. The molecular weight excluding hydrogens is 540 g/mol. The molecule has 4 aromatic rings. The second kappa shape index (κ2) is 10.9. The van der Waals surface area contributed by atoms with E-state index in [9.17, 15) is 23.1 Å². The van der Waals surface area contributed by atoms with E-state index in [1.807, 2.05) is 12.1 Å². The Bertz CT molecular complexity index is 1580.